The third kappa shape index (κ3) is 5.04. The zero-order valence-electron chi connectivity index (χ0n) is 11.7. The summed E-state index contributed by atoms with van der Waals surface area (Å²) in [5, 5.41) is 17.0. The number of aliphatic carboxylic acids is 1. The first-order valence-corrected chi connectivity index (χ1v) is 7.80. The smallest absolute Gasteiger partial charge is 0.360 e. The Bertz CT molecular complexity index is 718. The van der Waals surface area contributed by atoms with Crippen molar-refractivity contribution < 1.29 is 19.5 Å². The molecule has 0 bridgehead atoms. The van der Waals surface area contributed by atoms with Crippen molar-refractivity contribution in [1.29, 1.82) is 0 Å². The van der Waals surface area contributed by atoms with E-state index in [4.69, 9.17) is 16.4 Å². The third-order valence-electron chi connectivity index (χ3n) is 2.55. The first-order valence-electron chi connectivity index (χ1n) is 6.39. The molecule has 0 radical (unpaired) electrons. The second-order valence-corrected chi connectivity index (χ2v) is 5.35. The van der Waals surface area contributed by atoms with Crippen LogP contribution in [0.2, 0.25) is 0 Å². The number of rotatable bonds is 7. The first-order chi connectivity index (χ1) is 11.1. The minimum absolute atomic E-state index is 0.0976. The highest BCUT2D eigenvalue weighted by atomic mass is 35.5. The van der Waals surface area contributed by atoms with Crippen LogP contribution < -0.4 is 5.32 Å². The highest BCUT2D eigenvalue weighted by Gasteiger charge is 2.18. The Morgan fingerprint density at radius 2 is 2.09 bits per heavy atom. The number of halogens is 1. The first kappa shape index (κ1) is 16.9. The van der Waals surface area contributed by atoms with E-state index in [2.05, 4.69) is 15.5 Å². The van der Waals surface area contributed by atoms with Gasteiger partial charge in [-0.25, -0.2) is 9.78 Å². The number of hydrogen-bond donors (Lipinski definition) is 2. The average molecular weight is 354 g/mol. The second kappa shape index (κ2) is 8.25. The molecule has 2 aromatic rings. The number of thiazole rings is 1. The zero-order chi connectivity index (χ0) is 16.7. The minimum atomic E-state index is -1.28. The molecule has 0 aliphatic carbocycles. The predicted molar refractivity (Wildman–Crippen MR) is 86.9 cm³/mol. The second-order valence-electron chi connectivity index (χ2n) is 4.22. The van der Waals surface area contributed by atoms with Crippen LogP contribution in [0.15, 0.2) is 40.9 Å². The van der Waals surface area contributed by atoms with Gasteiger partial charge in [-0.2, -0.15) is 0 Å². The molecule has 0 atom stereocenters. The highest BCUT2D eigenvalue weighted by molar-refractivity contribution is 7.14. The Labute approximate surface area is 140 Å². The summed E-state index contributed by atoms with van der Waals surface area (Å²) in [7, 11) is 0. The molecule has 0 spiro atoms. The van der Waals surface area contributed by atoms with Crippen LogP contribution in [0.3, 0.4) is 0 Å². The van der Waals surface area contributed by atoms with E-state index in [-0.39, 0.29) is 29.0 Å². The number of oxime groups is 1. The van der Waals surface area contributed by atoms with E-state index in [1.54, 1.807) is 0 Å². The van der Waals surface area contributed by atoms with Gasteiger partial charge in [-0.05, 0) is 5.56 Å². The molecule has 1 aromatic heterocycles. The lowest BCUT2D eigenvalue weighted by molar-refractivity contribution is -0.129. The Balaban J connectivity index is 2.07. The van der Waals surface area contributed by atoms with Gasteiger partial charge in [0.05, 0.1) is 0 Å². The van der Waals surface area contributed by atoms with E-state index in [9.17, 15) is 14.7 Å². The summed E-state index contributed by atoms with van der Waals surface area (Å²) in [4.78, 5) is 31.5. The van der Waals surface area contributed by atoms with Crippen LogP contribution >= 0.6 is 22.9 Å². The van der Waals surface area contributed by atoms with Gasteiger partial charge in [0.25, 0.3) is 0 Å². The maximum Gasteiger partial charge on any atom is 0.360 e. The molecule has 0 fully saturated rings. The number of carbonyl (C=O) groups is 2. The van der Waals surface area contributed by atoms with Crippen molar-refractivity contribution in [2.75, 3.05) is 11.2 Å². The minimum Gasteiger partial charge on any atom is -0.476 e. The SMILES string of the molecule is O=C(CCl)Nc1nc(/C(=N/OCc2ccccc2)C(=O)O)cs1. The highest BCUT2D eigenvalue weighted by Crippen LogP contribution is 2.16. The van der Waals surface area contributed by atoms with Crippen LogP contribution in [-0.2, 0) is 21.0 Å². The fourth-order valence-electron chi connectivity index (χ4n) is 1.53. The number of benzene rings is 1. The van der Waals surface area contributed by atoms with E-state index in [0.29, 0.717) is 0 Å². The standard InChI is InChI=1S/C14H12ClN3O4S/c15-6-11(19)17-14-16-10(8-23-14)12(13(20)21)18-22-7-9-4-2-1-3-5-9/h1-5,8H,6-7H2,(H,20,21)(H,16,17,19)/b18-12-. The van der Waals surface area contributed by atoms with E-state index in [0.717, 1.165) is 16.9 Å². The van der Waals surface area contributed by atoms with Crippen LogP contribution in [0.25, 0.3) is 0 Å². The Morgan fingerprint density at radius 1 is 1.35 bits per heavy atom. The number of alkyl halides is 1. The molecule has 23 heavy (non-hydrogen) atoms. The normalized spacial score (nSPS) is 11.1. The van der Waals surface area contributed by atoms with Crippen LogP contribution in [0.1, 0.15) is 11.3 Å². The maximum atomic E-state index is 11.3. The number of aromatic nitrogens is 1. The summed E-state index contributed by atoms with van der Waals surface area (Å²) in [6, 6.07) is 9.21. The van der Waals surface area contributed by atoms with Crippen molar-refractivity contribution in [3.63, 3.8) is 0 Å². The number of nitrogens with zero attached hydrogens (tertiary/aromatic N) is 2. The summed E-state index contributed by atoms with van der Waals surface area (Å²) in [6.07, 6.45) is 0. The molecule has 0 saturated heterocycles. The predicted octanol–water partition coefficient (Wildman–Crippen LogP) is 2.33. The quantitative estimate of drug-likeness (QED) is 0.452. The van der Waals surface area contributed by atoms with Gasteiger partial charge in [0, 0.05) is 5.38 Å². The Kier molecular flexibility index (Phi) is 6.07. The van der Waals surface area contributed by atoms with Crippen LogP contribution in [0, 0.1) is 0 Å². The lowest BCUT2D eigenvalue weighted by atomic mass is 10.2. The summed E-state index contributed by atoms with van der Waals surface area (Å²) < 4.78 is 0. The van der Waals surface area contributed by atoms with Crippen LogP contribution in [0.4, 0.5) is 5.13 Å². The van der Waals surface area contributed by atoms with Crippen LogP contribution in [0.5, 0.6) is 0 Å². The summed E-state index contributed by atoms with van der Waals surface area (Å²) in [5.41, 5.74) is 0.610. The average Bonchev–Trinajstić information content (AvgIpc) is 3.00. The van der Waals surface area contributed by atoms with Crippen molar-refractivity contribution in [2.45, 2.75) is 6.61 Å². The molecule has 0 unspecified atom stereocenters. The number of amides is 1. The molecule has 0 saturated carbocycles. The number of carbonyl (C=O) groups excluding carboxylic acids is 1. The number of hydrogen-bond acceptors (Lipinski definition) is 6. The van der Waals surface area contributed by atoms with Gasteiger partial charge in [0.15, 0.2) is 5.13 Å². The van der Waals surface area contributed by atoms with E-state index in [1.165, 1.54) is 5.38 Å². The molecular weight excluding hydrogens is 342 g/mol. The number of carboxylic acids is 1. The molecular formula is C14H12ClN3O4S. The molecule has 0 aliphatic heterocycles. The molecule has 1 aromatic carbocycles. The van der Waals surface area contributed by atoms with Crippen molar-refractivity contribution in [2.24, 2.45) is 5.16 Å². The van der Waals surface area contributed by atoms with Crippen molar-refractivity contribution in [3.05, 3.63) is 47.0 Å². The number of carboxylic acid groups (broad SMARTS) is 1. The van der Waals surface area contributed by atoms with E-state index in [1.807, 2.05) is 30.3 Å². The largest absolute Gasteiger partial charge is 0.476 e. The van der Waals surface area contributed by atoms with Gasteiger partial charge >= 0.3 is 5.97 Å². The van der Waals surface area contributed by atoms with Gasteiger partial charge in [-0.15, -0.1) is 22.9 Å². The third-order valence-corrected chi connectivity index (χ3v) is 3.55. The van der Waals surface area contributed by atoms with Gasteiger partial charge in [0.1, 0.15) is 18.2 Å². The van der Waals surface area contributed by atoms with Gasteiger partial charge < -0.3 is 15.3 Å². The molecule has 7 nitrogen and oxygen atoms in total. The summed E-state index contributed by atoms with van der Waals surface area (Å²) in [6.45, 7) is 0.137. The van der Waals surface area contributed by atoms with Gasteiger partial charge in [0.2, 0.25) is 11.6 Å². The topological polar surface area (TPSA) is 101 Å². The molecule has 1 heterocycles. The Hall–Kier alpha value is -2.45. The molecule has 9 heteroatoms. The molecule has 2 N–H and O–H groups in total. The lowest BCUT2D eigenvalue weighted by Crippen LogP contribution is -2.16. The van der Waals surface area contributed by atoms with Gasteiger partial charge in [-0.3, -0.25) is 4.79 Å². The molecule has 1 amide bonds. The van der Waals surface area contributed by atoms with Crippen molar-refractivity contribution in [3.8, 4) is 0 Å². The molecule has 0 aliphatic rings. The van der Waals surface area contributed by atoms with Crippen molar-refractivity contribution in [1.82, 2.24) is 4.98 Å². The lowest BCUT2D eigenvalue weighted by Gasteiger charge is -2.01. The molecule has 2 rings (SSSR count). The molecule has 120 valence electrons. The monoisotopic (exact) mass is 353 g/mol. The maximum absolute atomic E-state index is 11.3. The van der Waals surface area contributed by atoms with E-state index >= 15 is 0 Å². The number of nitrogens with one attached hydrogen (secondary N) is 1. The van der Waals surface area contributed by atoms with Crippen molar-refractivity contribution >= 4 is 45.7 Å². The van der Waals surface area contributed by atoms with E-state index < -0.39 is 11.9 Å². The van der Waals surface area contributed by atoms with Crippen LogP contribution in [-0.4, -0.2) is 33.6 Å². The fraction of sp³-hybridized carbons (Fsp3) is 0.143. The fourth-order valence-corrected chi connectivity index (χ4v) is 2.31. The van der Waals surface area contributed by atoms with Gasteiger partial charge in [-0.1, -0.05) is 35.5 Å². The summed E-state index contributed by atoms with van der Waals surface area (Å²) in [5.74, 6) is -1.92. The zero-order valence-corrected chi connectivity index (χ0v) is 13.3. The summed E-state index contributed by atoms with van der Waals surface area (Å²) >= 11 is 6.44. The Morgan fingerprint density at radius 3 is 2.74 bits per heavy atom. The number of anilines is 1.